The highest BCUT2D eigenvalue weighted by molar-refractivity contribution is 5.94. The molecule has 1 unspecified atom stereocenters. The van der Waals surface area contributed by atoms with Crippen molar-refractivity contribution in [3.8, 4) is 0 Å². The van der Waals surface area contributed by atoms with E-state index >= 15 is 0 Å². The van der Waals surface area contributed by atoms with Gasteiger partial charge in [-0.25, -0.2) is 0 Å². The molecule has 2 rings (SSSR count). The average molecular weight is 258 g/mol. The highest BCUT2D eigenvalue weighted by Gasteiger charge is 2.20. The number of carbonyl (C=O) groups excluding carboxylic acids is 1. The van der Waals surface area contributed by atoms with E-state index in [0.717, 1.165) is 5.56 Å². The van der Waals surface area contributed by atoms with E-state index in [1.165, 1.54) is 6.26 Å². The van der Waals surface area contributed by atoms with Crippen molar-refractivity contribution in [3.05, 3.63) is 59.5 Å². The van der Waals surface area contributed by atoms with Crippen molar-refractivity contribution in [1.29, 1.82) is 0 Å². The molecule has 0 bridgehead atoms. The lowest BCUT2D eigenvalue weighted by Gasteiger charge is -2.24. The summed E-state index contributed by atoms with van der Waals surface area (Å²) in [5.74, 6) is 0.545. The van der Waals surface area contributed by atoms with E-state index < -0.39 is 0 Å². The Morgan fingerprint density at radius 1 is 1.37 bits per heavy atom. The molecule has 0 spiro atoms. The van der Waals surface area contributed by atoms with Crippen molar-refractivity contribution < 1.29 is 9.21 Å². The summed E-state index contributed by atoms with van der Waals surface area (Å²) >= 11 is 0. The van der Waals surface area contributed by atoms with Gasteiger partial charge in [0.1, 0.15) is 12.0 Å². The summed E-state index contributed by atoms with van der Waals surface area (Å²) in [6.07, 6.45) is 1.46. The molecule has 1 aromatic carbocycles. The second-order valence-corrected chi connectivity index (χ2v) is 4.51. The molecular formula is C15H18N2O2. The molecule has 2 N–H and O–H groups in total. The summed E-state index contributed by atoms with van der Waals surface area (Å²) in [6, 6.07) is 11.6. The Balaban J connectivity index is 2.15. The third kappa shape index (κ3) is 2.85. The minimum atomic E-state index is -0.0696. The van der Waals surface area contributed by atoms with E-state index in [2.05, 4.69) is 0 Å². The van der Waals surface area contributed by atoms with Crippen molar-refractivity contribution in [2.75, 3.05) is 7.05 Å². The van der Waals surface area contributed by atoms with Gasteiger partial charge < -0.3 is 15.1 Å². The zero-order chi connectivity index (χ0) is 13.8. The van der Waals surface area contributed by atoms with E-state index in [9.17, 15) is 4.79 Å². The van der Waals surface area contributed by atoms with E-state index in [1.54, 1.807) is 18.0 Å². The number of rotatable bonds is 4. The fourth-order valence-corrected chi connectivity index (χ4v) is 1.93. The van der Waals surface area contributed by atoms with E-state index in [4.69, 9.17) is 10.2 Å². The Kier molecular flexibility index (Phi) is 4.02. The topological polar surface area (TPSA) is 59.5 Å². The Morgan fingerprint density at radius 2 is 2.05 bits per heavy atom. The first-order valence-electron chi connectivity index (χ1n) is 6.23. The van der Waals surface area contributed by atoms with Crippen molar-refractivity contribution in [3.63, 3.8) is 0 Å². The Morgan fingerprint density at radius 3 is 2.63 bits per heavy atom. The normalized spacial score (nSPS) is 12.2. The lowest BCUT2D eigenvalue weighted by Crippen LogP contribution is -2.29. The summed E-state index contributed by atoms with van der Waals surface area (Å²) < 4.78 is 5.20. The van der Waals surface area contributed by atoms with Gasteiger partial charge in [0.2, 0.25) is 0 Å². The molecule has 1 aromatic heterocycles. The van der Waals surface area contributed by atoms with Gasteiger partial charge in [-0.1, -0.05) is 30.3 Å². The van der Waals surface area contributed by atoms with E-state index in [1.807, 2.05) is 37.3 Å². The van der Waals surface area contributed by atoms with Crippen LogP contribution in [0.25, 0.3) is 0 Å². The third-order valence-corrected chi connectivity index (χ3v) is 3.29. The molecule has 4 nitrogen and oxygen atoms in total. The SMILES string of the molecule is CC(c1ccccc1)N(C)C(=O)c1coc(CN)c1. The minimum Gasteiger partial charge on any atom is -0.467 e. The van der Waals surface area contributed by atoms with Crippen LogP contribution in [0.3, 0.4) is 0 Å². The quantitative estimate of drug-likeness (QED) is 0.916. The number of furan rings is 1. The van der Waals surface area contributed by atoms with Crippen LogP contribution in [0, 0.1) is 0 Å². The van der Waals surface area contributed by atoms with Gasteiger partial charge >= 0.3 is 0 Å². The van der Waals surface area contributed by atoms with Gasteiger partial charge in [0.05, 0.1) is 18.2 Å². The highest BCUT2D eigenvalue weighted by Crippen LogP contribution is 2.21. The molecule has 0 aliphatic heterocycles. The number of nitrogens with two attached hydrogens (primary N) is 1. The molecule has 1 atom stereocenters. The molecule has 0 fully saturated rings. The van der Waals surface area contributed by atoms with Crippen LogP contribution in [-0.4, -0.2) is 17.9 Å². The number of amides is 1. The lowest BCUT2D eigenvalue weighted by atomic mass is 10.1. The van der Waals surface area contributed by atoms with Crippen molar-refractivity contribution in [1.82, 2.24) is 4.90 Å². The first kappa shape index (κ1) is 13.4. The molecule has 2 aromatic rings. The maximum Gasteiger partial charge on any atom is 0.257 e. The van der Waals surface area contributed by atoms with Crippen LogP contribution in [0.5, 0.6) is 0 Å². The molecule has 0 aliphatic carbocycles. The molecular weight excluding hydrogens is 240 g/mol. The number of carbonyl (C=O) groups is 1. The first-order valence-corrected chi connectivity index (χ1v) is 6.23. The summed E-state index contributed by atoms with van der Waals surface area (Å²) in [5, 5.41) is 0. The largest absolute Gasteiger partial charge is 0.467 e. The first-order chi connectivity index (χ1) is 9.13. The second kappa shape index (κ2) is 5.71. The maximum atomic E-state index is 12.3. The van der Waals surface area contributed by atoms with Crippen molar-refractivity contribution in [2.24, 2.45) is 5.73 Å². The molecule has 100 valence electrons. The summed E-state index contributed by atoms with van der Waals surface area (Å²) in [7, 11) is 1.79. The van der Waals surface area contributed by atoms with E-state index in [-0.39, 0.29) is 11.9 Å². The molecule has 0 saturated carbocycles. The standard InChI is InChI=1S/C15H18N2O2/c1-11(12-6-4-3-5-7-12)17(2)15(18)13-8-14(9-16)19-10-13/h3-8,10-11H,9,16H2,1-2H3. The van der Waals surface area contributed by atoms with Gasteiger partial charge in [-0.15, -0.1) is 0 Å². The van der Waals surface area contributed by atoms with Crippen molar-refractivity contribution >= 4 is 5.91 Å². The zero-order valence-corrected chi connectivity index (χ0v) is 11.2. The van der Waals surface area contributed by atoms with Crippen LogP contribution in [0.15, 0.2) is 47.1 Å². The second-order valence-electron chi connectivity index (χ2n) is 4.51. The van der Waals surface area contributed by atoms with Crippen LogP contribution in [-0.2, 0) is 6.54 Å². The summed E-state index contributed by atoms with van der Waals surface area (Å²) in [5.41, 5.74) is 7.10. The molecule has 19 heavy (non-hydrogen) atoms. The third-order valence-electron chi connectivity index (χ3n) is 3.29. The van der Waals surface area contributed by atoms with Gasteiger partial charge in [0.15, 0.2) is 0 Å². The summed E-state index contributed by atoms with van der Waals surface area (Å²) in [6.45, 7) is 2.29. The fraction of sp³-hybridized carbons (Fsp3) is 0.267. The lowest BCUT2D eigenvalue weighted by molar-refractivity contribution is 0.0742. The predicted octanol–water partition coefficient (Wildman–Crippen LogP) is 2.57. The van der Waals surface area contributed by atoms with Gasteiger partial charge in [0.25, 0.3) is 5.91 Å². The molecule has 0 aliphatic rings. The van der Waals surface area contributed by atoms with Crippen LogP contribution in [0.4, 0.5) is 0 Å². The van der Waals surface area contributed by atoms with Crippen LogP contribution >= 0.6 is 0 Å². The monoisotopic (exact) mass is 258 g/mol. The molecule has 1 amide bonds. The van der Waals surface area contributed by atoms with E-state index in [0.29, 0.717) is 17.9 Å². The average Bonchev–Trinajstić information content (AvgIpc) is 2.94. The van der Waals surface area contributed by atoms with Crippen LogP contribution in [0.1, 0.15) is 34.6 Å². The zero-order valence-electron chi connectivity index (χ0n) is 11.2. The predicted molar refractivity (Wildman–Crippen MR) is 73.5 cm³/mol. The van der Waals surface area contributed by atoms with Gasteiger partial charge in [-0.2, -0.15) is 0 Å². The molecule has 0 radical (unpaired) electrons. The van der Waals surface area contributed by atoms with Gasteiger partial charge in [-0.3, -0.25) is 4.79 Å². The highest BCUT2D eigenvalue weighted by atomic mass is 16.3. The summed E-state index contributed by atoms with van der Waals surface area (Å²) in [4.78, 5) is 14.0. The minimum absolute atomic E-state index is 0.00456. The van der Waals surface area contributed by atoms with Crippen molar-refractivity contribution in [2.45, 2.75) is 19.5 Å². The van der Waals surface area contributed by atoms with Crippen LogP contribution < -0.4 is 5.73 Å². The smallest absolute Gasteiger partial charge is 0.257 e. The maximum absolute atomic E-state index is 12.3. The Labute approximate surface area is 112 Å². The van der Waals surface area contributed by atoms with Crippen LogP contribution in [0.2, 0.25) is 0 Å². The van der Waals surface area contributed by atoms with Gasteiger partial charge in [0, 0.05) is 7.05 Å². The Bertz CT molecular complexity index is 548. The molecule has 1 heterocycles. The number of hydrogen-bond acceptors (Lipinski definition) is 3. The fourth-order valence-electron chi connectivity index (χ4n) is 1.93. The molecule has 0 saturated heterocycles. The number of benzene rings is 1. The number of hydrogen-bond donors (Lipinski definition) is 1. The number of nitrogens with zero attached hydrogens (tertiary/aromatic N) is 1. The molecule has 4 heteroatoms. The van der Waals surface area contributed by atoms with Gasteiger partial charge in [-0.05, 0) is 18.6 Å². The Hall–Kier alpha value is -2.07.